The van der Waals surface area contributed by atoms with Crippen LogP contribution in [0.2, 0.25) is 0 Å². The van der Waals surface area contributed by atoms with Gasteiger partial charge in [-0.2, -0.15) is 0 Å². The van der Waals surface area contributed by atoms with Crippen molar-refractivity contribution in [3.63, 3.8) is 0 Å². The molecule has 1 unspecified atom stereocenters. The van der Waals surface area contributed by atoms with Crippen LogP contribution in [0.1, 0.15) is 43.0 Å². The highest BCUT2D eigenvalue weighted by Gasteiger charge is 2.26. The molecule has 108 valence electrons. The van der Waals surface area contributed by atoms with Crippen molar-refractivity contribution in [1.82, 2.24) is 0 Å². The van der Waals surface area contributed by atoms with Crippen LogP contribution < -0.4 is 5.32 Å². The molecule has 0 saturated heterocycles. The highest BCUT2D eigenvalue weighted by Crippen LogP contribution is 2.31. The van der Waals surface area contributed by atoms with Crippen LogP contribution in [0.3, 0.4) is 0 Å². The number of nitrogens with one attached hydrogen (secondary N) is 1. The van der Waals surface area contributed by atoms with Crippen LogP contribution in [0.25, 0.3) is 0 Å². The van der Waals surface area contributed by atoms with E-state index < -0.39 is 5.97 Å². The maximum atomic E-state index is 12.2. The van der Waals surface area contributed by atoms with Crippen LogP contribution in [0.15, 0.2) is 24.3 Å². The van der Waals surface area contributed by atoms with E-state index in [1.807, 2.05) is 6.92 Å². The molecule has 1 saturated carbocycles. The fraction of sp³-hybridized carbons (Fsp3) is 0.500. The minimum absolute atomic E-state index is 0.0132. The molecule has 0 heterocycles. The molecule has 0 aromatic heterocycles. The predicted octanol–water partition coefficient (Wildman–Crippen LogP) is 3.24. The van der Waals surface area contributed by atoms with Crippen molar-refractivity contribution < 1.29 is 14.3 Å². The zero-order valence-electron chi connectivity index (χ0n) is 12.0. The number of rotatable bonds is 4. The van der Waals surface area contributed by atoms with Crippen molar-refractivity contribution in [2.45, 2.75) is 32.6 Å². The molecule has 1 fully saturated rings. The molecule has 0 spiro atoms. The number of anilines is 1. The Kier molecular flexibility index (Phi) is 4.77. The average molecular weight is 275 g/mol. The first-order valence-electron chi connectivity index (χ1n) is 7.11. The maximum Gasteiger partial charge on any atom is 0.337 e. The molecule has 4 nitrogen and oxygen atoms in total. The molecule has 1 aromatic carbocycles. The molecule has 4 heteroatoms. The smallest absolute Gasteiger partial charge is 0.337 e. The van der Waals surface area contributed by atoms with Gasteiger partial charge in [0, 0.05) is 11.6 Å². The Labute approximate surface area is 119 Å². The van der Waals surface area contributed by atoms with Crippen LogP contribution in [0.5, 0.6) is 0 Å². The van der Waals surface area contributed by atoms with Crippen LogP contribution in [0.4, 0.5) is 5.69 Å². The number of carbonyl (C=O) groups excluding carboxylic acids is 2. The number of ether oxygens (including phenoxy) is 1. The Balaban J connectivity index is 2.01. The van der Waals surface area contributed by atoms with Gasteiger partial charge in [-0.25, -0.2) is 4.79 Å². The molecule has 1 N–H and O–H groups in total. The molecular weight excluding hydrogens is 254 g/mol. The first-order chi connectivity index (χ1) is 9.61. The van der Waals surface area contributed by atoms with Gasteiger partial charge in [-0.05, 0) is 37.0 Å². The van der Waals surface area contributed by atoms with E-state index in [4.69, 9.17) is 0 Å². The van der Waals surface area contributed by atoms with Gasteiger partial charge in [0.05, 0.1) is 12.7 Å². The lowest BCUT2D eigenvalue weighted by Crippen LogP contribution is -2.25. The van der Waals surface area contributed by atoms with Crippen LogP contribution in [-0.2, 0) is 9.53 Å². The van der Waals surface area contributed by atoms with E-state index in [9.17, 15) is 9.59 Å². The normalized spacial score (nSPS) is 16.7. The number of amides is 1. The summed E-state index contributed by atoms with van der Waals surface area (Å²) in [7, 11) is 1.34. The summed E-state index contributed by atoms with van der Waals surface area (Å²) in [5, 5.41) is 2.89. The van der Waals surface area contributed by atoms with Crippen LogP contribution in [-0.4, -0.2) is 19.0 Å². The molecule has 0 radical (unpaired) electrons. The number of esters is 1. The SMILES string of the molecule is COC(=O)c1cccc(NC(=O)C(C)C2CCCC2)c1. The van der Waals surface area contributed by atoms with Gasteiger partial charge in [-0.3, -0.25) is 4.79 Å². The Morgan fingerprint density at radius 3 is 2.65 bits per heavy atom. The summed E-state index contributed by atoms with van der Waals surface area (Å²) in [6.07, 6.45) is 4.72. The number of benzene rings is 1. The van der Waals surface area contributed by atoms with E-state index in [0.29, 0.717) is 17.2 Å². The second-order valence-corrected chi connectivity index (χ2v) is 5.39. The lowest BCUT2D eigenvalue weighted by Gasteiger charge is -2.18. The van der Waals surface area contributed by atoms with Gasteiger partial charge in [-0.15, -0.1) is 0 Å². The van der Waals surface area contributed by atoms with E-state index in [1.165, 1.54) is 20.0 Å². The molecule has 20 heavy (non-hydrogen) atoms. The highest BCUT2D eigenvalue weighted by atomic mass is 16.5. The third-order valence-corrected chi connectivity index (χ3v) is 4.07. The lowest BCUT2D eigenvalue weighted by molar-refractivity contribution is -0.120. The van der Waals surface area contributed by atoms with E-state index in [0.717, 1.165) is 12.8 Å². The van der Waals surface area contributed by atoms with Crippen molar-refractivity contribution in [3.8, 4) is 0 Å². The molecule has 1 aliphatic carbocycles. The molecule has 1 aliphatic rings. The first-order valence-corrected chi connectivity index (χ1v) is 7.11. The van der Waals surface area contributed by atoms with Gasteiger partial charge in [-0.1, -0.05) is 25.8 Å². The molecule has 1 atom stereocenters. The number of hydrogen-bond acceptors (Lipinski definition) is 3. The van der Waals surface area contributed by atoms with Gasteiger partial charge < -0.3 is 10.1 Å². The van der Waals surface area contributed by atoms with Crippen LogP contribution >= 0.6 is 0 Å². The van der Waals surface area contributed by atoms with Crippen molar-refractivity contribution in [1.29, 1.82) is 0 Å². The van der Waals surface area contributed by atoms with Gasteiger partial charge in [0.1, 0.15) is 0 Å². The zero-order valence-corrected chi connectivity index (χ0v) is 12.0. The zero-order chi connectivity index (χ0) is 14.5. The van der Waals surface area contributed by atoms with E-state index >= 15 is 0 Å². The summed E-state index contributed by atoms with van der Waals surface area (Å²) < 4.78 is 4.67. The van der Waals surface area contributed by atoms with Gasteiger partial charge in [0.25, 0.3) is 0 Å². The third kappa shape index (κ3) is 3.38. The second kappa shape index (κ2) is 6.55. The summed E-state index contributed by atoms with van der Waals surface area (Å²) in [5.74, 6) is 0.127. The standard InChI is InChI=1S/C16H21NO3/c1-11(12-6-3-4-7-12)15(18)17-14-9-5-8-13(10-14)16(19)20-2/h5,8-12H,3-4,6-7H2,1-2H3,(H,17,18). The summed E-state index contributed by atoms with van der Waals surface area (Å²) in [6, 6.07) is 6.83. The van der Waals surface area contributed by atoms with Crippen molar-refractivity contribution in [2.75, 3.05) is 12.4 Å². The Morgan fingerprint density at radius 1 is 1.30 bits per heavy atom. The quantitative estimate of drug-likeness (QED) is 0.858. The number of methoxy groups -OCH3 is 1. The number of carbonyl (C=O) groups is 2. The molecular formula is C16H21NO3. The largest absolute Gasteiger partial charge is 0.465 e. The average Bonchev–Trinajstić information content (AvgIpc) is 3.00. The van der Waals surface area contributed by atoms with Gasteiger partial charge >= 0.3 is 5.97 Å². The summed E-state index contributed by atoms with van der Waals surface area (Å²) >= 11 is 0. The van der Waals surface area contributed by atoms with E-state index in [1.54, 1.807) is 24.3 Å². The summed E-state index contributed by atoms with van der Waals surface area (Å²) in [6.45, 7) is 1.98. The fourth-order valence-electron chi connectivity index (χ4n) is 2.77. The fourth-order valence-corrected chi connectivity index (χ4v) is 2.77. The number of hydrogen-bond donors (Lipinski definition) is 1. The predicted molar refractivity (Wildman–Crippen MR) is 77.5 cm³/mol. The third-order valence-electron chi connectivity index (χ3n) is 4.07. The van der Waals surface area contributed by atoms with Gasteiger partial charge in [0.2, 0.25) is 5.91 Å². The Hall–Kier alpha value is -1.84. The monoisotopic (exact) mass is 275 g/mol. The van der Waals surface area contributed by atoms with Crippen molar-refractivity contribution in [2.24, 2.45) is 11.8 Å². The summed E-state index contributed by atoms with van der Waals surface area (Å²) in [4.78, 5) is 23.7. The van der Waals surface area contributed by atoms with Crippen molar-refractivity contribution >= 4 is 17.6 Å². The van der Waals surface area contributed by atoms with E-state index in [-0.39, 0.29) is 11.8 Å². The van der Waals surface area contributed by atoms with E-state index in [2.05, 4.69) is 10.1 Å². The second-order valence-electron chi connectivity index (χ2n) is 5.39. The maximum absolute atomic E-state index is 12.2. The lowest BCUT2D eigenvalue weighted by atomic mass is 9.92. The minimum atomic E-state index is -0.398. The topological polar surface area (TPSA) is 55.4 Å². The summed E-state index contributed by atoms with van der Waals surface area (Å²) in [5.41, 5.74) is 1.08. The molecule has 0 bridgehead atoms. The van der Waals surface area contributed by atoms with Crippen LogP contribution in [0, 0.1) is 11.8 Å². The van der Waals surface area contributed by atoms with Gasteiger partial charge in [0.15, 0.2) is 0 Å². The van der Waals surface area contributed by atoms with Crippen molar-refractivity contribution in [3.05, 3.63) is 29.8 Å². The molecule has 0 aliphatic heterocycles. The highest BCUT2D eigenvalue weighted by molar-refractivity contribution is 5.95. The minimum Gasteiger partial charge on any atom is -0.465 e. The Morgan fingerprint density at radius 2 is 2.00 bits per heavy atom. The molecule has 1 aromatic rings. The first kappa shape index (κ1) is 14.6. The molecule has 1 amide bonds. The molecule has 2 rings (SSSR count). The Bertz CT molecular complexity index is 492.